The molecular formula is C16H25N3. The monoisotopic (exact) mass is 259 g/mol. The highest BCUT2D eigenvalue weighted by Crippen LogP contribution is 2.27. The molecule has 3 nitrogen and oxygen atoms in total. The Bertz CT molecular complexity index is 540. The predicted molar refractivity (Wildman–Crippen MR) is 81.4 cm³/mol. The summed E-state index contributed by atoms with van der Waals surface area (Å²) in [5.74, 6) is 1.21. The van der Waals surface area contributed by atoms with Crippen LogP contribution in [0.4, 0.5) is 0 Å². The van der Waals surface area contributed by atoms with Crippen molar-refractivity contribution in [2.75, 3.05) is 13.6 Å². The number of aryl methyl sites for hydroxylation is 1. The van der Waals surface area contributed by atoms with E-state index in [0.29, 0.717) is 0 Å². The Morgan fingerprint density at radius 3 is 2.68 bits per heavy atom. The van der Waals surface area contributed by atoms with Crippen LogP contribution in [-0.2, 0) is 13.0 Å². The number of benzene rings is 1. The van der Waals surface area contributed by atoms with Crippen LogP contribution in [0.3, 0.4) is 0 Å². The van der Waals surface area contributed by atoms with E-state index in [1.807, 2.05) is 7.05 Å². The molecule has 0 aliphatic carbocycles. The maximum absolute atomic E-state index is 4.82. The Kier molecular flexibility index (Phi) is 4.25. The molecule has 2 aromatic rings. The maximum atomic E-state index is 4.82. The highest BCUT2D eigenvalue weighted by molar-refractivity contribution is 5.75. The molecule has 1 aromatic carbocycles. The summed E-state index contributed by atoms with van der Waals surface area (Å²) >= 11 is 0. The van der Waals surface area contributed by atoms with Gasteiger partial charge < -0.3 is 9.88 Å². The van der Waals surface area contributed by atoms with Gasteiger partial charge in [0.25, 0.3) is 0 Å². The number of nitrogens with zero attached hydrogens (tertiary/aromatic N) is 2. The van der Waals surface area contributed by atoms with E-state index < -0.39 is 0 Å². The van der Waals surface area contributed by atoms with E-state index in [2.05, 4.69) is 54.9 Å². The van der Waals surface area contributed by atoms with E-state index in [0.717, 1.165) is 31.4 Å². The Morgan fingerprint density at radius 2 is 2.00 bits per heavy atom. The second-order valence-corrected chi connectivity index (χ2v) is 5.96. The third kappa shape index (κ3) is 3.16. The number of nitrogens with one attached hydrogen (secondary N) is 1. The quantitative estimate of drug-likeness (QED) is 0.863. The van der Waals surface area contributed by atoms with Crippen molar-refractivity contribution in [3.63, 3.8) is 0 Å². The van der Waals surface area contributed by atoms with Crippen LogP contribution in [0.15, 0.2) is 24.3 Å². The van der Waals surface area contributed by atoms with Gasteiger partial charge >= 0.3 is 0 Å². The van der Waals surface area contributed by atoms with Gasteiger partial charge in [0.15, 0.2) is 0 Å². The lowest BCUT2D eigenvalue weighted by Gasteiger charge is -2.24. The zero-order valence-corrected chi connectivity index (χ0v) is 12.5. The molecule has 1 heterocycles. The predicted octanol–water partition coefficient (Wildman–Crippen LogP) is 3.23. The number of hydrogen-bond acceptors (Lipinski definition) is 2. The van der Waals surface area contributed by atoms with Gasteiger partial charge in [0.1, 0.15) is 5.82 Å². The van der Waals surface area contributed by atoms with E-state index in [4.69, 9.17) is 4.98 Å². The van der Waals surface area contributed by atoms with Gasteiger partial charge in [-0.3, -0.25) is 0 Å². The summed E-state index contributed by atoms with van der Waals surface area (Å²) in [4.78, 5) is 4.82. The topological polar surface area (TPSA) is 29.9 Å². The molecule has 19 heavy (non-hydrogen) atoms. The molecule has 104 valence electrons. The van der Waals surface area contributed by atoms with Crippen molar-refractivity contribution in [1.82, 2.24) is 14.9 Å². The van der Waals surface area contributed by atoms with Crippen LogP contribution in [0.1, 0.15) is 33.0 Å². The maximum Gasteiger partial charge on any atom is 0.110 e. The number of imidazole rings is 1. The molecule has 0 aliphatic rings. The van der Waals surface area contributed by atoms with Crippen LogP contribution < -0.4 is 5.32 Å². The van der Waals surface area contributed by atoms with E-state index in [1.165, 1.54) is 11.3 Å². The third-order valence-electron chi connectivity index (χ3n) is 3.74. The Hall–Kier alpha value is -1.35. The summed E-state index contributed by atoms with van der Waals surface area (Å²) in [6, 6.07) is 8.42. The van der Waals surface area contributed by atoms with Crippen LogP contribution in [0, 0.1) is 5.41 Å². The molecule has 0 bridgehead atoms. The molecule has 2 rings (SSSR count). The lowest BCUT2D eigenvalue weighted by atomic mass is 9.85. The van der Waals surface area contributed by atoms with Crippen molar-refractivity contribution in [3.05, 3.63) is 30.1 Å². The molecule has 0 radical (unpaired) electrons. The Morgan fingerprint density at radius 1 is 1.26 bits per heavy atom. The fraction of sp³-hybridized carbons (Fsp3) is 0.562. The molecule has 0 amide bonds. The SMILES string of the molecule is CCn1c(CC(C)(C)CCNC)nc2ccccc21. The standard InChI is InChI=1S/C16H25N3/c1-5-19-14-9-7-6-8-13(14)18-15(19)12-16(2,3)10-11-17-4/h6-9,17H,5,10-12H2,1-4H3. The van der Waals surface area contributed by atoms with Crippen LogP contribution >= 0.6 is 0 Å². The fourth-order valence-corrected chi connectivity index (χ4v) is 2.59. The molecule has 0 fully saturated rings. The van der Waals surface area contributed by atoms with E-state index >= 15 is 0 Å². The van der Waals surface area contributed by atoms with Crippen LogP contribution in [0.5, 0.6) is 0 Å². The lowest BCUT2D eigenvalue weighted by molar-refractivity contribution is 0.319. The van der Waals surface area contributed by atoms with Gasteiger partial charge in [-0.15, -0.1) is 0 Å². The van der Waals surface area contributed by atoms with E-state index in [-0.39, 0.29) is 5.41 Å². The summed E-state index contributed by atoms with van der Waals surface area (Å²) in [5, 5.41) is 3.24. The smallest absolute Gasteiger partial charge is 0.110 e. The van der Waals surface area contributed by atoms with Crippen LogP contribution in [-0.4, -0.2) is 23.1 Å². The van der Waals surface area contributed by atoms with Gasteiger partial charge in [-0.1, -0.05) is 26.0 Å². The first-order valence-electron chi connectivity index (χ1n) is 7.16. The molecule has 0 aliphatic heterocycles. The summed E-state index contributed by atoms with van der Waals surface area (Å²) < 4.78 is 2.34. The first-order valence-corrected chi connectivity index (χ1v) is 7.16. The molecule has 3 heteroatoms. The van der Waals surface area contributed by atoms with Crippen molar-refractivity contribution >= 4 is 11.0 Å². The van der Waals surface area contributed by atoms with E-state index in [9.17, 15) is 0 Å². The molecule has 0 atom stereocenters. The summed E-state index contributed by atoms with van der Waals surface area (Å²) in [7, 11) is 2.01. The Balaban J connectivity index is 2.29. The minimum atomic E-state index is 0.275. The molecule has 0 unspecified atom stereocenters. The average Bonchev–Trinajstić information content (AvgIpc) is 2.72. The number of fused-ring (bicyclic) bond motifs is 1. The number of rotatable bonds is 6. The zero-order chi connectivity index (χ0) is 13.9. The third-order valence-corrected chi connectivity index (χ3v) is 3.74. The molecule has 0 saturated carbocycles. The first kappa shape index (κ1) is 14.1. The number of aromatic nitrogens is 2. The summed E-state index contributed by atoms with van der Waals surface area (Å²) in [5.41, 5.74) is 2.64. The molecule has 1 N–H and O–H groups in total. The van der Waals surface area contributed by atoms with Crippen molar-refractivity contribution in [2.45, 2.75) is 40.2 Å². The van der Waals surface area contributed by atoms with Gasteiger partial charge in [-0.2, -0.15) is 0 Å². The molecule has 0 spiro atoms. The fourth-order valence-electron chi connectivity index (χ4n) is 2.59. The van der Waals surface area contributed by atoms with Crippen molar-refractivity contribution in [2.24, 2.45) is 5.41 Å². The summed E-state index contributed by atoms with van der Waals surface area (Å²) in [6.07, 6.45) is 2.19. The van der Waals surface area contributed by atoms with Gasteiger partial charge in [-0.25, -0.2) is 4.98 Å². The molecule has 0 saturated heterocycles. The highest BCUT2D eigenvalue weighted by Gasteiger charge is 2.21. The van der Waals surface area contributed by atoms with Gasteiger partial charge in [0, 0.05) is 13.0 Å². The van der Waals surface area contributed by atoms with Gasteiger partial charge in [-0.05, 0) is 44.5 Å². The van der Waals surface area contributed by atoms with Crippen LogP contribution in [0.25, 0.3) is 11.0 Å². The first-order chi connectivity index (χ1) is 9.07. The molecule has 1 aromatic heterocycles. The van der Waals surface area contributed by atoms with Crippen molar-refractivity contribution < 1.29 is 0 Å². The second kappa shape index (κ2) is 5.74. The second-order valence-electron chi connectivity index (χ2n) is 5.96. The van der Waals surface area contributed by atoms with Gasteiger partial charge in [0.05, 0.1) is 11.0 Å². The highest BCUT2D eigenvalue weighted by atomic mass is 15.1. The number of hydrogen-bond donors (Lipinski definition) is 1. The zero-order valence-electron chi connectivity index (χ0n) is 12.5. The van der Waals surface area contributed by atoms with E-state index in [1.54, 1.807) is 0 Å². The van der Waals surface area contributed by atoms with Gasteiger partial charge in [0.2, 0.25) is 0 Å². The largest absolute Gasteiger partial charge is 0.328 e. The normalized spacial score (nSPS) is 12.2. The summed E-state index contributed by atoms with van der Waals surface area (Å²) in [6.45, 7) is 8.88. The number of para-hydroxylation sites is 2. The average molecular weight is 259 g/mol. The lowest BCUT2D eigenvalue weighted by Crippen LogP contribution is -2.23. The minimum absolute atomic E-state index is 0.275. The molecular weight excluding hydrogens is 234 g/mol. The minimum Gasteiger partial charge on any atom is -0.328 e. The van der Waals surface area contributed by atoms with Crippen LogP contribution in [0.2, 0.25) is 0 Å². The van der Waals surface area contributed by atoms with Crippen molar-refractivity contribution in [1.29, 1.82) is 0 Å². The van der Waals surface area contributed by atoms with Crippen molar-refractivity contribution in [3.8, 4) is 0 Å². The Labute approximate surface area is 116 Å².